The number of hydrogen-bond acceptors (Lipinski definition) is 4. The van der Waals surface area contributed by atoms with Crippen LogP contribution in [0.15, 0.2) is 23.1 Å². The standard InChI is InChI=1S/C12H18N2O3S/c13-11-5-4-10(18(14,15)16)8-12(11)17-7-6-9-2-1-3-9/h4-5,8-9H,1-3,6-7,13H2,(H2,14,15,16). The van der Waals surface area contributed by atoms with Crippen molar-refractivity contribution in [3.63, 3.8) is 0 Å². The number of nitrogen functional groups attached to an aromatic ring is 1. The number of ether oxygens (including phenoxy) is 1. The second-order valence-electron chi connectivity index (χ2n) is 4.68. The second-order valence-corrected chi connectivity index (χ2v) is 6.24. The maximum Gasteiger partial charge on any atom is 0.238 e. The molecule has 1 fully saturated rings. The van der Waals surface area contributed by atoms with Gasteiger partial charge in [-0.3, -0.25) is 0 Å². The van der Waals surface area contributed by atoms with Gasteiger partial charge in [0, 0.05) is 6.07 Å². The van der Waals surface area contributed by atoms with Crippen molar-refractivity contribution < 1.29 is 13.2 Å². The molecule has 1 aromatic rings. The lowest BCUT2D eigenvalue weighted by Gasteiger charge is -2.25. The van der Waals surface area contributed by atoms with E-state index in [2.05, 4.69) is 0 Å². The van der Waals surface area contributed by atoms with Crippen molar-refractivity contribution in [3.05, 3.63) is 18.2 Å². The Bertz CT molecular complexity index is 524. The molecule has 0 atom stereocenters. The first kappa shape index (κ1) is 13.2. The summed E-state index contributed by atoms with van der Waals surface area (Å²) in [5, 5.41) is 5.06. The highest BCUT2D eigenvalue weighted by atomic mass is 32.2. The van der Waals surface area contributed by atoms with Crippen molar-refractivity contribution in [2.24, 2.45) is 11.1 Å². The molecule has 0 amide bonds. The van der Waals surface area contributed by atoms with Crippen LogP contribution in [0, 0.1) is 5.92 Å². The molecule has 100 valence electrons. The summed E-state index contributed by atoms with van der Waals surface area (Å²) in [5.41, 5.74) is 6.16. The molecule has 0 saturated heterocycles. The molecule has 0 aromatic heterocycles. The molecule has 4 N–H and O–H groups in total. The summed E-state index contributed by atoms with van der Waals surface area (Å²) in [7, 11) is -3.71. The average molecular weight is 270 g/mol. The maximum absolute atomic E-state index is 11.2. The highest BCUT2D eigenvalue weighted by molar-refractivity contribution is 7.89. The zero-order chi connectivity index (χ0) is 13.2. The van der Waals surface area contributed by atoms with E-state index in [0.717, 1.165) is 12.3 Å². The molecule has 0 spiro atoms. The molecule has 1 saturated carbocycles. The van der Waals surface area contributed by atoms with Gasteiger partial charge in [-0.25, -0.2) is 13.6 Å². The largest absolute Gasteiger partial charge is 0.491 e. The van der Waals surface area contributed by atoms with Gasteiger partial charge in [-0.05, 0) is 24.5 Å². The van der Waals surface area contributed by atoms with Crippen LogP contribution in [0.2, 0.25) is 0 Å². The molecule has 6 heteroatoms. The van der Waals surface area contributed by atoms with Crippen molar-refractivity contribution in [2.45, 2.75) is 30.6 Å². The van der Waals surface area contributed by atoms with Crippen molar-refractivity contribution in [3.8, 4) is 5.75 Å². The summed E-state index contributed by atoms with van der Waals surface area (Å²) in [5.74, 6) is 1.13. The quantitative estimate of drug-likeness (QED) is 0.792. The van der Waals surface area contributed by atoms with Crippen LogP contribution in [0.5, 0.6) is 5.75 Å². The fourth-order valence-electron chi connectivity index (χ4n) is 1.93. The van der Waals surface area contributed by atoms with Gasteiger partial charge < -0.3 is 10.5 Å². The summed E-state index contributed by atoms with van der Waals surface area (Å²) in [6, 6.07) is 4.26. The first-order chi connectivity index (χ1) is 8.47. The Morgan fingerprint density at radius 1 is 1.33 bits per heavy atom. The molecule has 0 aliphatic heterocycles. The Morgan fingerprint density at radius 3 is 2.61 bits per heavy atom. The van der Waals surface area contributed by atoms with E-state index < -0.39 is 10.0 Å². The third-order valence-corrected chi connectivity index (χ3v) is 4.23. The highest BCUT2D eigenvalue weighted by Crippen LogP contribution is 2.30. The van der Waals surface area contributed by atoms with Gasteiger partial charge in [0.1, 0.15) is 5.75 Å². The Balaban J connectivity index is 2.01. The van der Waals surface area contributed by atoms with Crippen LogP contribution in [0.1, 0.15) is 25.7 Å². The third-order valence-electron chi connectivity index (χ3n) is 3.32. The normalized spacial score (nSPS) is 16.3. The van der Waals surface area contributed by atoms with Crippen LogP contribution < -0.4 is 15.6 Å². The zero-order valence-corrected chi connectivity index (χ0v) is 10.9. The van der Waals surface area contributed by atoms with E-state index >= 15 is 0 Å². The van der Waals surface area contributed by atoms with Crippen LogP contribution in [0.4, 0.5) is 5.69 Å². The Hall–Kier alpha value is -1.27. The van der Waals surface area contributed by atoms with Crippen molar-refractivity contribution >= 4 is 15.7 Å². The van der Waals surface area contributed by atoms with Crippen LogP contribution in [0.25, 0.3) is 0 Å². The molecule has 0 heterocycles. The van der Waals surface area contributed by atoms with Crippen molar-refractivity contribution in [1.82, 2.24) is 0 Å². The fourth-order valence-corrected chi connectivity index (χ4v) is 2.46. The zero-order valence-electron chi connectivity index (χ0n) is 10.1. The summed E-state index contributed by atoms with van der Waals surface area (Å²) in [6.45, 7) is 0.558. The number of anilines is 1. The fraction of sp³-hybridized carbons (Fsp3) is 0.500. The number of nitrogens with two attached hydrogens (primary N) is 2. The molecule has 5 nitrogen and oxygen atoms in total. The van der Waals surface area contributed by atoms with Crippen molar-refractivity contribution in [1.29, 1.82) is 0 Å². The minimum Gasteiger partial charge on any atom is -0.491 e. The summed E-state index contributed by atoms with van der Waals surface area (Å²) < 4.78 is 28.0. The number of primary sulfonamides is 1. The van der Waals surface area contributed by atoms with E-state index in [0.29, 0.717) is 18.0 Å². The van der Waals surface area contributed by atoms with Gasteiger partial charge in [0.15, 0.2) is 0 Å². The SMILES string of the molecule is Nc1ccc(S(N)(=O)=O)cc1OCCC1CCC1. The maximum atomic E-state index is 11.2. The molecular weight excluding hydrogens is 252 g/mol. The number of rotatable bonds is 5. The lowest BCUT2D eigenvalue weighted by molar-refractivity contribution is 0.222. The summed E-state index contributed by atoms with van der Waals surface area (Å²) >= 11 is 0. The van der Waals surface area contributed by atoms with E-state index in [4.69, 9.17) is 15.6 Å². The lowest BCUT2D eigenvalue weighted by atomic mass is 9.83. The molecule has 1 aliphatic carbocycles. The van der Waals surface area contributed by atoms with Crippen LogP contribution in [-0.2, 0) is 10.0 Å². The average Bonchev–Trinajstić information content (AvgIpc) is 2.22. The Labute approximate surface area is 107 Å². The highest BCUT2D eigenvalue weighted by Gasteiger charge is 2.17. The van der Waals surface area contributed by atoms with E-state index in [9.17, 15) is 8.42 Å². The van der Waals surface area contributed by atoms with Crippen molar-refractivity contribution in [2.75, 3.05) is 12.3 Å². The van der Waals surface area contributed by atoms with Gasteiger partial charge in [0.05, 0.1) is 17.2 Å². The van der Waals surface area contributed by atoms with Gasteiger partial charge in [0.2, 0.25) is 10.0 Å². The molecule has 0 radical (unpaired) electrons. The van der Waals surface area contributed by atoms with E-state index in [1.807, 2.05) is 0 Å². The molecule has 1 aliphatic rings. The number of hydrogen-bond donors (Lipinski definition) is 2. The summed E-state index contributed by atoms with van der Waals surface area (Å²) in [4.78, 5) is 0.0235. The minimum atomic E-state index is -3.71. The van der Waals surface area contributed by atoms with Gasteiger partial charge in [-0.15, -0.1) is 0 Å². The Morgan fingerprint density at radius 2 is 2.06 bits per heavy atom. The van der Waals surface area contributed by atoms with Crippen LogP contribution in [0.3, 0.4) is 0 Å². The molecular formula is C12H18N2O3S. The lowest BCUT2D eigenvalue weighted by Crippen LogP contribution is -2.15. The predicted octanol–water partition coefficient (Wildman–Crippen LogP) is 1.49. The van der Waals surface area contributed by atoms with Gasteiger partial charge >= 0.3 is 0 Å². The monoisotopic (exact) mass is 270 g/mol. The first-order valence-electron chi connectivity index (χ1n) is 6.02. The topological polar surface area (TPSA) is 95.4 Å². The number of benzene rings is 1. The third kappa shape index (κ3) is 3.14. The van der Waals surface area contributed by atoms with Gasteiger partial charge in [-0.2, -0.15) is 0 Å². The molecule has 0 unspecified atom stereocenters. The smallest absolute Gasteiger partial charge is 0.238 e. The molecule has 2 rings (SSSR count). The number of sulfonamides is 1. The molecule has 1 aromatic carbocycles. The van der Waals surface area contributed by atoms with Gasteiger partial charge in [0.25, 0.3) is 0 Å². The second kappa shape index (κ2) is 5.16. The predicted molar refractivity (Wildman–Crippen MR) is 69.7 cm³/mol. The minimum absolute atomic E-state index is 0.0235. The van der Waals surface area contributed by atoms with Crippen LogP contribution >= 0.6 is 0 Å². The van der Waals surface area contributed by atoms with Crippen LogP contribution in [-0.4, -0.2) is 15.0 Å². The van der Waals surface area contributed by atoms with E-state index in [1.54, 1.807) is 0 Å². The van der Waals surface area contributed by atoms with E-state index in [1.165, 1.54) is 37.5 Å². The van der Waals surface area contributed by atoms with Gasteiger partial charge in [-0.1, -0.05) is 19.3 Å². The first-order valence-corrected chi connectivity index (χ1v) is 7.56. The molecule has 18 heavy (non-hydrogen) atoms. The molecule has 0 bridgehead atoms. The summed E-state index contributed by atoms with van der Waals surface area (Å²) in [6.07, 6.45) is 4.80. The Kier molecular flexibility index (Phi) is 3.77. The van der Waals surface area contributed by atoms with E-state index in [-0.39, 0.29) is 4.90 Å².